The van der Waals surface area contributed by atoms with Gasteiger partial charge in [0.05, 0.1) is 0 Å². The number of hydrogen-bond acceptors (Lipinski definition) is 1. The summed E-state index contributed by atoms with van der Waals surface area (Å²) in [5.41, 5.74) is 0. The van der Waals surface area contributed by atoms with Gasteiger partial charge in [0, 0.05) is 32.7 Å². The molecule has 0 saturated heterocycles. The van der Waals surface area contributed by atoms with Crippen LogP contribution in [0.3, 0.4) is 0 Å². The van der Waals surface area contributed by atoms with E-state index in [-0.39, 0.29) is 32.7 Å². The normalized spacial score (nSPS) is 6.17. The van der Waals surface area contributed by atoms with Crippen LogP contribution in [0, 0.1) is 6.92 Å². The maximum atomic E-state index is 9.24. The van der Waals surface area contributed by atoms with Gasteiger partial charge in [-0.25, -0.2) is 6.42 Å². The molecule has 0 heterocycles. The smallest absolute Gasteiger partial charge is 0 e. The molecule has 0 N–H and O–H groups in total. The predicted octanol–water partition coefficient (Wildman–Crippen LogP) is 0.708. The van der Waals surface area contributed by atoms with E-state index >= 15 is 0 Å². The molecule has 0 bridgehead atoms. The first-order valence-electron chi connectivity index (χ1n) is 1.56. The van der Waals surface area contributed by atoms with Crippen LogP contribution in [0.15, 0.2) is 0 Å². The maximum absolute atomic E-state index is 9.24. The Labute approximate surface area is 63.4 Å². The van der Waals surface area contributed by atoms with Crippen molar-refractivity contribution in [1.82, 2.24) is 0 Å². The third-order valence-corrected chi connectivity index (χ3v) is 0.279. The summed E-state index contributed by atoms with van der Waals surface area (Å²) in [6.45, 7) is 3.41. The van der Waals surface area contributed by atoms with Crippen LogP contribution in [0.4, 0.5) is 0 Å². The first-order chi connectivity index (χ1) is 2.41. The summed E-state index contributed by atoms with van der Waals surface area (Å²) < 4.78 is 0. The summed E-state index contributed by atoms with van der Waals surface area (Å²) in [4.78, 5) is 9.24. The average molecular weight is 159 g/mol. The Hall–Kier alpha value is 0.774. The molecule has 0 aromatic carbocycles. The van der Waals surface area contributed by atoms with Crippen LogP contribution in [0.1, 0.15) is 12.8 Å². The minimum atomic E-state index is 0. The molecule has 1 nitrogen and oxygen atoms in total. The van der Waals surface area contributed by atoms with Crippen molar-refractivity contribution >= 4 is 6.29 Å². The van der Waals surface area contributed by atoms with Crippen LogP contribution < -0.4 is 0 Å². The van der Waals surface area contributed by atoms with Gasteiger partial charge in [0.2, 0.25) is 0 Å². The largest absolute Gasteiger partial charge is 0.542 e. The molecule has 0 spiro atoms. The number of carbonyl (C=O) groups excluding carboxylic acids is 1. The molecule has 0 unspecified atom stereocenters. The first kappa shape index (κ1) is 9.91. The SMILES string of the molecule is [CH2-]CC[C-]=O.[Y]. The third-order valence-electron chi connectivity index (χ3n) is 0.279. The second kappa shape index (κ2) is 9.24. The molecular weight excluding hydrogens is 153 g/mol. The van der Waals surface area contributed by atoms with Gasteiger partial charge < -0.3 is 11.7 Å². The fourth-order valence-electron chi connectivity index (χ4n) is 0.0722. The summed E-state index contributed by atoms with van der Waals surface area (Å²) in [7, 11) is 0. The quantitative estimate of drug-likeness (QED) is 0.542. The van der Waals surface area contributed by atoms with E-state index in [1.165, 1.54) is 0 Å². The van der Waals surface area contributed by atoms with E-state index < -0.39 is 0 Å². The van der Waals surface area contributed by atoms with Gasteiger partial charge in [0.25, 0.3) is 0 Å². The second-order valence-corrected chi connectivity index (χ2v) is 0.748. The van der Waals surface area contributed by atoms with Gasteiger partial charge in [0.15, 0.2) is 0 Å². The molecule has 0 aliphatic heterocycles. The van der Waals surface area contributed by atoms with Crippen LogP contribution in [0.2, 0.25) is 0 Å². The summed E-state index contributed by atoms with van der Waals surface area (Å²) in [5.74, 6) is 0. The zero-order valence-electron chi connectivity index (χ0n) is 3.61. The van der Waals surface area contributed by atoms with Gasteiger partial charge in [0.1, 0.15) is 0 Å². The minimum absolute atomic E-state index is 0. The molecule has 6 heavy (non-hydrogen) atoms. The summed E-state index contributed by atoms with van der Waals surface area (Å²) in [6, 6.07) is 0. The van der Waals surface area contributed by atoms with Crippen molar-refractivity contribution in [3.05, 3.63) is 6.92 Å². The Morgan fingerprint density at radius 3 is 2.17 bits per heavy atom. The van der Waals surface area contributed by atoms with E-state index in [0.29, 0.717) is 12.8 Å². The van der Waals surface area contributed by atoms with Gasteiger partial charge in [-0.3, -0.25) is 6.29 Å². The van der Waals surface area contributed by atoms with E-state index in [0.717, 1.165) is 0 Å². The number of rotatable bonds is 2. The van der Waals surface area contributed by atoms with Crippen molar-refractivity contribution in [2.75, 3.05) is 0 Å². The Balaban J connectivity index is 0. The summed E-state index contributed by atoms with van der Waals surface area (Å²) >= 11 is 0. The number of hydrogen-bond donors (Lipinski definition) is 0. The number of unbranched alkanes of at least 4 members (excludes halogenated alkanes) is 1. The van der Waals surface area contributed by atoms with Crippen LogP contribution in [0.25, 0.3) is 0 Å². The van der Waals surface area contributed by atoms with Crippen LogP contribution in [-0.2, 0) is 37.5 Å². The second-order valence-electron chi connectivity index (χ2n) is 0.748. The zero-order chi connectivity index (χ0) is 4.12. The van der Waals surface area contributed by atoms with E-state index in [1.807, 2.05) is 0 Å². The van der Waals surface area contributed by atoms with E-state index in [9.17, 15) is 4.79 Å². The molecule has 0 aliphatic rings. The summed E-state index contributed by atoms with van der Waals surface area (Å²) in [6.07, 6.45) is 2.85. The van der Waals surface area contributed by atoms with Crippen molar-refractivity contribution in [2.24, 2.45) is 0 Å². The van der Waals surface area contributed by atoms with Crippen molar-refractivity contribution < 1.29 is 37.5 Å². The molecule has 1 radical (unpaired) electrons. The van der Waals surface area contributed by atoms with E-state index in [1.54, 1.807) is 6.29 Å². The van der Waals surface area contributed by atoms with Crippen molar-refractivity contribution in [3.8, 4) is 0 Å². The van der Waals surface area contributed by atoms with Crippen molar-refractivity contribution in [1.29, 1.82) is 0 Å². The molecule has 2 heteroatoms. The van der Waals surface area contributed by atoms with E-state index in [4.69, 9.17) is 0 Å². The molecule has 0 fully saturated rings. The zero-order valence-corrected chi connectivity index (χ0v) is 6.45. The Morgan fingerprint density at radius 1 is 1.67 bits per heavy atom. The fraction of sp³-hybridized carbons (Fsp3) is 0.500. The fourth-order valence-corrected chi connectivity index (χ4v) is 0.0722. The molecule has 0 rings (SSSR count). The Kier molecular flexibility index (Phi) is 15.3. The van der Waals surface area contributed by atoms with Gasteiger partial charge in [-0.1, -0.05) is 0 Å². The third kappa shape index (κ3) is 8.84. The summed E-state index contributed by atoms with van der Waals surface area (Å²) in [5, 5.41) is 0. The molecule has 0 amide bonds. The average Bonchev–Trinajstić information content (AvgIpc) is 1.41. The molecule has 0 aromatic heterocycles. The predicted molar refractivity (Wildman–Crippen MR) is 20.3 cm³/mol. The monoisotopic (exact) mass is 159 g/mol. The van der Waals surface area contributed by atoms with Crippen LogP contribution >= 0.6 is 0 Å². The van der Waals surface area contributed by atoms with E-state index in [2.05, 4.69) is 6.92 Å². The molecule has 0 atom stereocenters. The maximum Gasteiger partial charge on any atom is 0 e. The van der Waals surface area contributed by atoms with Crippen LogP contribution in [0.5, 0.6) is 0 Å². The van der Waals surface area contributed by atoms with Crippen LogP contribution in [-0.4, -0.2) is 6.29 Å². The van der Waals surface area contributed by atoms with Gasteiger partial charge in [-0.15, -0.1) is 0 Å². The van der Waals surface area contributed by atoms with Gasteiger partial charge in [-0.2, -0.15) is 6.42 Å². The minimum Gasteiger partial charge on any atom is -0.542 e. The molecule has 0 aliphatic carbocycles. The first-order valence-corrected chi connectivity index (χ1v) is 1.56. The standard InChI is InChI=1S/C4H6O.Y/c1-2-3-4-5;/h1-3H2;/q-2;. The molecule has 0 saturated carbocycles. The topological polar surface area (TPSA) is 17.1 Å². The van der Waals surface area contributed by atoms with Crippen molar-refractivity contribution in [2.45, 2.75) is 12.8 Å². The van der Waals surface area contributed by atoms with Gasteiger partial charge >= 0.3 is 0 Å². The Morgan fingerprint density at radius 2 is 2.17 bits per heavy atom. The van der Waals surface area contributed by atoms with Crippen molar-refractivity contribution in [3.63, 3.8) is 0 Å². The molecule has 0 aromatic rings. The molecule has 33 valence electrons. The van der Waals surface area contributed by atoms with Gasteiger partial charge in [-0.05, 0) is 0 Å². The molecular formula is C4H6OY-2. The Bertz CT molecular complexity index is 28.7.